The smallest absolute Gasteiger partial charge is 0.137 e. The van der Waals surface area contributed by atoms with Crippen LogP contribution < -0.4 is 0 Å². The Morgan fingerprint density at radius 1 is 1.21 bits per heavy atom. The number of β-amino-alcohol motifs (C(OH)–C–C–N with tert-alkyl or cyclic N) is 1. The van der Waals surface area contributed by atoms with Gasteiger partial charge in [-0.15, -0.1) is 0 Å². The molecule has 3 heteroatoms. The molecule has 2 unspecified atom stereocenters. The standard InChI is InChI=1S/C16H29NO2/c1-3-16(19,4-2)12-17-11-6-5-9-14(17)13-8-7-10-15(13)18/h13-14,19H,3-12H2,1-2H3. The Morgan fingerprint density at radius 2 is 1.95 bits per heavy atom. The number of nitrogens with zero attached hydrogens (tertiary/aromatic N) is 1. The average molecular weight is 267 g/mol. The number of carbonyl (C=O) groups excluding carboxylic acids is 1. The van der Waals surface area contributed by atoms with Crippen LogP contribution in [0.3, 0.4) is 0 Å². The van der Waals surface area contributed by atoms with Gasteiger partial charge in [0.05, 0.1) is 5.60 Å². The van der Waals surface area contributed by atoms with Crippen LogP contribution in [0.5, 0.6) is 0 Å². The van der Waals surface area contributed by atoms with Crippen LogP contribution in [0.4, 0.5) is 0 Å². The number of piperidine rings is 1. The van der Waals surface area contributed by atoms with Gasteiger partial charge >= 0.3 is 0 Å². The number of ketones is 1. The lowest BCUT2D eigenvalue weighted by atomic mass is 9.86. The number of carbonyl (C=O) groups is 1. The zero-order valence-corrected chi connectivity index (χ0v) is 12.5. The quantitative estimate of drug-likeness (QED) is 0.832. The SMILES string of the molecule is CCC(O)(CC)CN1CCCCC1C1CCCC1=O. The molecule has 0 spiro atoms. The molecule has 2 aliphatic rings. The van der Waals surface area contributed by atoms with Gasteiger partial charge in [-0.25, -0.2) is 0 Å². The summed E-state index contributed by atoms with van der Waals surface area (Å²) in [5.74, 6) is 0.715. The molecule has 1 aliphatic heterocycles. The Kier molecular flexibility index (Phi) is 5.02. The maximum atomic E-state index is 12.0. The summed E-state index contributed by atoms with van der Waals surface area (Å²) in [4.78, 5) is 14.5. The fraction of sp³-hybridized carbons (Fsp3) is 0.938. The van der Waals surface area contributed by atoms with Crippen LogP contribution in [0, 0.1) is 5.92 Å². The van der Waals surface area contributed by atoms with Crippen LogP contribution in [-0.4, -0.2) is 40.5 Å². The van der Waals surface area contributed by atoms with E-state index in [4.69, 9.17) is 0 Å². The van der Waals surface area contributed by atoms with Crippen molar-refractivity contribution in [1.82, 2.24) is 4.90 Å². The molecule has 1 N–H and O–H groups in total. The van der Waals surface area contributed by atoms with E-state index in [0.717, 1.165) is 51.6 Å². The summed E-state index contributed by atoms with van der Waals surface area (Å²) in [6.45, 7) is 5.91. The van der Waals surface area contributed by atoms with Gasteiger partial charge in [0.15, 0.2) is 0 Å². The molecular weight excluding hydrogens is 238 g/mol. The van der Waals surface area contributed by atoms with E-state index >= 15 is 0 Å². The van der Waals surface area contributed by atoms with Crippen molar-refractivity contribution in [1.29, 1.82) is 0 Å². The van der Waals surface area contributed by atoms with Gasteiger partial charge in [0.2, 0.25) is 0 Å². The summed E-state index contributed by atoms with van der Waals surface area (Å²) in [5.41, 5.74) is -0.572. The topological polar surface area (TPSA) is 40.5 Å². The summed E-state index contributed by atoms with van der Waals surface area (Å²) in [7, 11) is 0. The first kappa shape index (κ1) is 15.0. The summed E-state index contributed by atoms with van der Waals surface area (Å²) in [6.07, 6.45) is 8.09. The Morgan fingerprint density at radius 3 is 2.53 bits per heavy atom. The molecule has 0 aromatic rings. The van der Waals surface area contributed by atoms with Crippen molar-refractivity contribution >= 4 is 5.78 Å². The lowest BCUT2D eigenvalue weighted by Crippen LogP contribution is -2.52. The first-order valence-corrected chi connectivity index (χ1v) is 8.09. The Hall–Kier alpha value is -0.410. The minimum Gasteiger partial charge on any atom is -0.389 e. The predicted molar refractivity (Wildman–Crippen MR) is 77.1 cm³/mol. The van der Waals surface area contributed by atoms with Gasteiger partial charge in [0, 0.05) is 24.9 Å². The normalized spacial score (nSPS) is 29.9. The third-order valence-electron chi connectivity index (χ3n) is 5.29. The molecular formula is C16H29NO2. The van der Waals surface area contributed by atoms with Crippen LogP contribution >= 0.6 is 0 Å². The maximum Gasteiger partial charge on any atom is 0.137 e. The average Bonchev–Trinajstić information content (AvgIpc) is 2.85. The largest absolute Gasteiger partial charge is 0.389 e. The highest BCUT2D eigenvalue weighted by atomic mass is 16.3. The Labute approximate surface area is 117 Å². The van der Waals surface area contributed by atoms with E-state index in [1.54, 1.807) is 0 Å². The third-order valence-corrected chi connectivity index (χ3v) is 5.29. The number of likely N-dealkylation sites (tertiary alicyclic amines) is 1. The van der Waals surface area contributed by atoms with Gasteiger partial charge in [-0.05, 0) is 45.1 Å². The van der Waals surface area contributed by atoms with Crippen molar-refractivity contribution in [3.05, 3.63) is 0 Å². The highest BCUT2D eigenvalue weighted by Gasteiger charge is 2.39. The van der Waals surface area contributed by atoms with Gasteiger partial charge in [-0.1, -0.05) is 20.3 Å². The Bertz CT molecular complexity index is 312. The molecule has 0 aromatic carbocycles. The van der Waals surface area contributed by atoms with Crippen molar-refractivity contribution in [2.24, 2.45) is 5.92 Å². The molecule has 2 rings (SSSR count). The van der Waals surface area contributed by atoms with Crippen molar-refractivity contribution < 1.29 is 9.90 Å². The molecule has 0 radical (unpaired) electrons. The van der Waals surface area contributed by atoms with E-state index in [1.165, 1.54) is 12.8 Å². The monoisotopic (exact) mass is 267 g/mol. The maximum absolute atomic E-state index is 12.0. The zero-order chi connectivity index (χ0) is 13.9. The molecule has 2 fully saturated rings. The first-order chi connectivity index (χ1) is 9.09. The van der Waals surface area contributed by atoms with Crippen LogP contribution in [0.25, 0.3) is 0 Å². The lowest BCUT2D eigenvalue weighted by Gasteiger charge is -2.42. The molecule has 1 saturated carbocycles. The van der Waals surface area contributed by atoms with Crippen LogP contribution in [0.15, 0.2) is 0 Å². The molecule has 0 amide bonds. The summed E-state index contributed by atoms with van der Waals surface area (Å²) < 4.78 is 0. The minimum absolute atomic E-state index is 0.248. The second-order valence-electron chi connectivity index (χ2n) is 6.43. The molecule has 1 aliphatic carbocycles. The summed E-state index contributed by atoms with van der Waals surface area (Å²) >= 11 is 0. The van der Waals surface area contributed by atoms with Gasteiger partial charge in [0.1, 0.15) is 5.78 Å². The zero-order valence-electron chi connectivity index (χ0n) is 12.5. The number of rotatable bonds is 5. The summed E-state index contributed by atoms with van der Waals surface area (Å²) in [6, 6.07) is 0.397. The number of hydrogen-bond donors (Lipinski definition) is 1. The third kappa shape index (κ3) is 3.38. The number of Topliss-reactive ketones (excluding diaryl/α,β-unsaturated/α-hetero) is 1. The van der Waals surface area contributed by atoms with Crippen molar-refractivity contribution in [3.63, 3.8) is 0 Å². The molecule has 2 atom stereocenters. The van der Waals surface area contributed by atoms with Gasteiger partial charge in [0.25, 0.3) is 0 Å². The van der Waals surface area contributed by atoms with Crippen molar-refractivity contribution in [2.75, 3.05) is 13.1 Å². The molecule has 0 bridgehead atoms. The second kappa shape index (κ2) is 6.36. The highest BCUT2D eigenvalue weighted by Crippen LogP contribution is 2.34. The molecule has 3 nitrogen and oxygen atoms in total. The fourth-order valence-electron chi connectivity index (χ4n) is 3.77. The predicted octanol–water partition coefficient (Wildman–Crippen LogP) is 2.76. The fourth-order valence-corrected chi connectivity index (χ4v) is 3.77. The van der Waals surface area contributed by atoms with E-state index in [0.29, 0.717) is 11.8 Å². The van der Waals surface area contributed by atoms with Crippen molar-refractivity contribution in [2.45, 2.75) is 76.9 Å². The summed E-state index contributed by atoms with van der Waals surface area (Å²) in [5, 5.41) is 10.6. The van der Waals surface area contributed by atoms with Gasteiger partial charge in [-0.2, -0.15) is 0 Å². The van der Waals surface area contributed by atoms with E-state index < -0.39 is 5.60 Å². The van der Waals surface area contributed by atoms with E-state index in [-0.39, 0.29) is 5.92 Å². The van der Waals surface area contributed by atoms with Crippen molar-refractivity contribution in [3.8, 4) is 0 Å². The highest BCUT2D eigenvalue weighted by molar-refractivity contribution is 5.83. The van der Waals surface area contributed by atoms with E-state index in [2.05, 4.69) is 18.7 Å². The molecule has 0 aromatic heterocycles. The molecule has 1 heterocycles. The van der Waals surface area contributed by atoms with Crippen LogP contribution in [0.1, 0.15) is 65.2 Å². The van der Waals surface area contributed by atoms with Gasteiger partial charge in [-0.3, -0.25) is 9.69 Å². The van der Waals surface area contributed by atoms with Crippen LogP contribution in [-0.2, 0) is 4.79 Å². The second-order valence-corrected chi connectivity index (χ2v) is 6.43. The molecule has 19 heavy (non-hydrogen) atoms. The van der Waals surface area contributed by atoms with E-state index in [9.17, 15) is 9.90 Å². The first-order valence-electron chi connectivity index (χ1n) is 8.09. The Balaban J connectivity index is 2.05. The number of hydrogen-bond acceptors (Lipinski definition) is 3. The molecule has 110 valence electrons. The van der Waals surface area contributed by atoms with E-state index in [1.807, 2.05) is 0 Å². The minimum atomic E-state index is -0.572. The number of aliphatic hydroxyl groups is 1. The molecule has 1 saturated heterocycles. The van der Waals surface area contributed by atoms with Crippen LogP contribution in [0.2, 0.25) is 0 Å². The van der Waals surface area contributed by atoms with Gasteiger partial charge < -0.3 is 5.11 Å². The lowest BCUT2D eigenvalue weighted by molar-refractivity contribution is -0.124.